The Bertz CT molecular complexity index is 1290. The Hall–Kier alpha value is -3.23. The first-order valence-electron chi connectivity index (χ1n) is 10.6. The highest BCUT2D eigenvalue weighted by molar-refractivity contribution is 7.91. The van der Waals surface area contributed by atoms with E-state index < -0.39 is 15.7 Å². The van der Waals surface area contributed by atoms with Crippen LogP contribution >= 0.6 is 0 Å². The molecule has 1 saturated heterocycles. The summed E-state index contributed by atoms with van der Waals surface area (Å²) in [7, 11) is -3.89. The van der Waals surface area contributed by atoms with E-state index in [2.05, 4.69) is 10.2 Å². The van der Waals surface area contributed by atoms with Gasteiger partial charge < -0.3 is 9.73 Å². The van der Waals surface area contributed by atoms with Crippen LogP contribution in [0.4, 0.5) is 0 Å². The minimum Gasteiger partial charge on any atom is -0.468 e. The number of carbonyl (C=O) groups is 2. The quantitative estimate of drug-likeness (QED) is 0.502. The van der Waals surface area contributed by atoms with Crippen molar-refractivity contribution in [2.75, 3.05) is 19.6 Å². The molecule has 1 unspecified atom stereocenters. The van der Waals surface area contributed by atoms with E-state index in [0.717, 1.165) is 31.7 Å². The summed E-state index contributed by atoms with van der Waals surface area (Å²) in [6.07, 6.45) is 3.82. The average molecular weight is 451 g/mol. The van der Waals surface area contributed by atoms with Crippen molar-refractivity contribution in [2.45, 2.75) is 28.7 Å². The summed E-state index contributed by atoms with van der Waals surface area (Å²) in [6, 6.07) is 14.0. The third-order valence-corrected chi connectivity index (χ3v) is 7.96. The molecule has 0 saturated carbocycles. The molecule has 164 valence electrons. The Morgan fingerprint density at radius 1 is 1.00 bits per heavy atom. The molecule has 5 rings (SSSR count). The van der Waals surface area contributed by atoms with E-state index in [1.165, 1.54) is 30.3 Å². The van der Waals surface area contributed by atoms with E-state index >= 15 is 0 Å². The molecule has 7 nitrogen and oxygen atoms in total. The maximum Gasteiger partial charge on any atom is 0.251 e. The molecule has 0 aliphatic carbocycles. The van der Waals surface area contributed by atoms with Crippen molar-refractivity contribution in [3.05, 3.63) is 83.3 Å². The van der Waals surface area contributed by atoms with Gasteiger partial charge in [0.05, 0.1) is 22.1 Å². The van der Waals surface area contributed by atoms with Gasteiger partial charge in [0.15, 0.2) is 5.78 Å². The molecule has 1 aromatic heterocycles. The number of fused-ring (bicyclic) bond motifs is 2. The lowest BCUT2D eigenvalue weighted by atomic mass is 10.0. The van der Waals surface area contributed by atoms with Crippen molar-refractivity contribution in [1.29, 1.82) is 0 Å². The third kappa shape index (κ3) is 3.45. The van der Waals surface area contributed by atoms with E-state index in [1.807, 2.05) is 12.1 Å². The SMILES string of the molecule is O=C(NCC(c1ccco1)N1CCCC1)c1ccc2c(c1)S(=O)(=O)c1ccccc1C2=O. The molecule has 1 atom stereocenters. The molecule has 1 amide bonds. The number of furan rings is 1. The van der Waals surface area contributed by atoms with Gasteiger partial charge in [0.2, 0.25) is 9.84 Å². The van der Waals surface area contributed by atoms with Crippen molar-refractivity contribution in [2.24, 2.45) is 0 Å². The van der Waals surface area contributed by atoms with Crippen LogP contribution in [0.2, 0.25) is 0 Å². The van der Waals surface area contributed by atoms with Gasteiger partial charge in [0.25, 0.3) is 5.91 Å². The number of likely N-dealkylation sites (tertiary alicyclic amines) is 1. The normalized spacial score (nSPS) is 18.1. The summed E-state index contributed by atoms with van der Waals surface area (Å²) in [5, 5.41) is 2.91. The molecule has 8 heteroatoms. The maximum absolute atomic E-state index is 13.1. The Morgan fingerprint density at radius 2 is 1.75 bits per heavy atom. The van der Waals surface area contributed by atoms with Gasteiger partial charge in [-0.1, -0.05) is 12.1 Å². The van der Waals surface area contributed by atoms with Crippen LogP contribution in [0, 0.1) is 0 Å². The zero-order valence-corrected chi connectivity index (χ0v) is 18.1. The number of rotatable bonds is 5. The largest absolute Gasteiger partial charge is 0.468 e. The first-order valence-corrected chi connectivity index (χ1v) is 12.0. The van der Waals surface area contributed by atoms with Crippen LogP contribution in [0.3, 0.4) is 0 Å². The molecular formula is C24H22N2O5S. The molecule has 0 bridgehead atoms. The molecule has 1 N–H and O–H groups in total. The Kier molecular flexibility index (Phi) is 5.19. The van der Waals surface area contributed by atoms with E-state index in [-0.39, 0.29) is 38.3 Å². The molecule has 0 spiro atoms. The van der Waals surface area contributed by atoms with E-state index in [4.69, 9.17) is 4.42 Å². The maximum atomic E-state index is 13.1. The standard InChI is InChI=1S/C24H22N2O5S/c27-23-17-6-1-2-8-21(17)32(29,30)22-14-16(9-10-18(22)23)24(28)25-15-19(20-7-5-13-31-20)26-11-3-4-12-26/h1-2,5-10,13-14,19H,3-4,11-12,15H2,(H,25,28). The number of hydrogen-bond acceptors (Lipinski definition) is 6. The van der Waals surface area contributed by atoms with Crippen molar-refractivity contribution >= 4 is 21.5 Å². The monoisotopic (exact) mass is 450 g/mol. The number of benzene rings is 2. The van der Waals surface area contributed by atoms with Gasteiger partial charge in [0, 0.05) is 23.2 Å². The Labute approximate surface area is 186 Å². The summed E-state index contributed by atoms with van der Waals surface area (Å²) in [5.74, 6) is 0.0248. The lowest BCUT2D eigenvalue weighted by Gasteiger charge is -2.26. The smallest absolute Gasteiger partial charge is 0.251 e. The molecule has 3 aromatic rings. The van der Waals surface area contributed by atoms with Crippen LogP contribution in [0.1, 0.15) is 50.9 Å². The predicted octanol–water partition coefficient (Wildman–Crippen LogP) is 3.22. The highest BCUT2D eigenvalue weighted by Crippen LogP contribution is 2.34. The van der Waals surface area contributed by atoms with Crippen LogP contribution < -0.4 is 5.32 Å². The Balaban J connectivity index is 1.41. The fraction of sp³-hybridized carbons (Fsp3) is 0.250. The van der Waals surface area contributed by atoms with Crippen LogP contribution in [-0.4, -0.2) is 44.6 Å². The number of carbonyl (C=O) groups excluding carboxylic acids is 2. The predicted molar refractivity (Wildman–Crippen MR) is 116 cm³/mol. The molecule has 2 aliphatic rings. The zero-order valence-electron chi connectivity index (χ0n) is 17.3. The van der Waals surface area contributed by atoms with Crippen LogP contribution in [0.5, 0.6) is 0 Å². The van der Waals surface area contributed by atoms with E-state index in [9.17, 15) is 18.0 Å². The van der Waals surface area contributed by atoms with Gasteiger partial charge in [-0.3, -0.25) is 14.5 Å². The number of hydrogen-bond donors (Lipinski definition) is 1. The lowest BCUT2D eigenvalue weighted by molar-refractivity contribution is 0.0932. The van der Waals surface area contributed by atoms with Gasteiger partial charge in [-0.05, 0) is 68.4 Å². The third-order valence-electron chi connectivity index (χ3n) is 6.11. The van der Waals surface area contributed by atoms with E-state index in [1.54, 1.807) is 18.4 Å². The lowest BCUT2D eigenvalue weighted by Crippen LogP contribution is -2.36. The second-order valence-corrected chi connectivity index (χ2v) is 9.91. The van der Waals surface area contributed by atoms with Crippen LogP contribution in [0.15, 0.2) is 75.1 Å². The molecule has 0 radical (unpaired) electrons. The Morgan fingerprint density at radius 3 is 2.50 bits per heavy atom. The first-order chi connectivity index (χ1) is 15.5. The fourth-order valence-electron chi connectivity index (χ4n) is 4.46. The molecule has 1 fully saturated rings. The highest BCUT2D eigenvalue weighted by Gasteiger charge is 2.35. The zero-order chi connectivity index (χ0) is 22.3. The van der Waals surface area contributed by atoms with Crippen molar-refractivity contribution < 1.29 is 22.4 Å². The average Bonchev–Trinajstić information content (AvgIpc) is 3.53. The molecule has 32 heavy (non-hydrogen) atoms. The minimum atomic E-state index is -3.89. The fourth-order valence-corrected chi connectivity index (χ4v) is 6.14. The van der Waals surface area contributed by atoms with Crippen LogP contribution in [-0.2, 0) is 9.84 Å². The summed E-state index contributed by atoms with van der Waals surface area (Å²) in [4.78, 5) is 27.8. The summed E-state index contributed by atoms with van der Waals surface area (Å²) < 4.78 is 31.8. The van der Waals surface area contributed by atoms with Crippen LogP contribution in [0.25, 0.3) is 0 Å². The number of sulfone groups is 1. The molecule has 2 aliphatic heterocycles. The molecule has 2 aromatic carbocycles. The van der Waals surface area contributed by atoms with E-state index in [0.29, 0.717) is 6.54 Å². The topological polar surface area (TPSA) is 96.7 Å². The van der Waals surface area contributed by atoms with Gasteiger partial charge in [-0.25, -0.2) is 8.42 Å². The first kappa shape index (κ1) is 20.7. The molecule has 3 heterocycles. The van der Waals surface area contributed by atoms with Crippen molar-refractivity contribution in [1.82, 2.24) is 10.2 Å². The van der Waals surface area contributed by atoms with Crippen molar-refractivity contribution in [3.63, 3.8) is 0 Å². The highest BCUT2D eigenvalue weighted by atomic mass is 32.2. The number of nitrogens with one attached hydrogen (secondary N) is 1. The summed E-state index contributed by atoms with van der Waals surface area (Å²) in [5.41, 5.74) is 0.439. The number of amides is 1. The number of ketones is 1. The van der Waals surface area contributed by atoms with Gasteiger partial charge in [-0.15, -0.1) is 0 Å². The number of nitrogens with zero attached hydrogens (tertiary/aromatic N) is 1. The van der Waals surface area contributed by atoms with Gasteiger partial charge >= 0.3 is 0 Å². The summed E-state index contributed by atoms with van der Waals surface area (Å²) >= 11 is 0. The second kappa shape index (κ2) is 8.03. The van der Waals surface area contributed by atoms with Gasteiger partial charge in [0.1, 0.15) is 5.76 Å². The van der Waals surface area contributed by atoms with Crippen molar-refractivity contribution in [3.8, 4) is 0 Å². The minimum absolute atomic E-state index is 0.0259. The summed E-state index contributed by atoms with van der Waals surface area (Å²) in [6.45, 7) is 2.19. The molecular weight excluding hydrogens is 428 g/mol. The van der Waals surface area contributed by atoms with Gasteiger partial charge in [-0.2, -0.15) is 0 Å². The second-order valence-electron chi connectivity index (χ2n) is 8.02.